The summed E-state index contributed by atoms with van der Waals surface area (Å²) in [7, 11) is 1.59. The second kappa shape index (κ2) is 8.11. The molecule has 2 aromatic carbocycles. The van der Waals surface area contributed by atoms with E-state index >= 15 is 0 Å². The summed E-state index contributed by atoms with van der Waals surface area (Å²) in [6.07, 6.45) is 0. The molecule has 1 amide bonds. The molecule has 5 nitrogen and oxygen atoms in total. The summed E-state index contributed by atoms with van der Waals surface area (Å²) in [5, 5.41) is 13.8. The number of rotatable bonds is 5. The highest BCUT2D eigenvalue weighted by atomic mass is 32.2. The number of pyridine rings is 1. The van der Waals surface area contributed by atoms with Crippen molar-refractivity contribution in [2.24, 2.45) is 0 Å². The number of carbonyl (C=O) groups is 1. The largest absolute Gasteiger partial charge is 0.497 e. The lowest BCUT2D eigenvalue weighted by Gasteiger charge is -2.09. The molecule has 136 valence electrons. The predicted molar refractivity (Wildman–Crippen MR) is 108 cm³/mol. The summed E-state index contributed by atoms with van der Waals surface area (Å²) in [6.45, 7) is 4.02. The van der Waals surface area contributed by atoms with Crippen molar-refractivity contribution in [3.8, 4) is 11.8 Å². The molecule has 1 N–H and O–H groups in total. The molecular weight excluding hydrogens is 358 g/mol. The van der Waals surface area contributed by atoms with Gasteiger partial charge in [0, 0.05) is 11.1 Å². The molecule has 3 aromatic rings. The van der Waals surface area contributed by atoms with Crippen molar-refractivity contribution in [2.45, 2.75) is 18.9 Å². The molecule has 0 atom stereocenters. The molecule has 27 heavy (non-hydrogen) atoms. The summed E-state index contributed by atoms with van der Waals surface area (Å²) >= 11 is 1.26. The number of fused-ring (bicyclic) bond motifs is 1. The van der Waals surface area contributed by atoms with E-state index in [0.29, 0.717) is 16.3 Å². The first kappa shape index (κ1) is 18.7. The number of anilines is 1. The van der Waals surface area contributed by atoms with Crippen LogP contribution in [0.2, 0.25) is 0 Å². The number of hydrogen-bond acceptors (Lipinski definition) is 5. The van der Waals surface area contributed by atoms with Crippen LogP contribution < -0.4 is 10.1 Å². The van der Waals surface area contributed by atoms with Crippen molar-refractivity contribution < 1.29 is 9.53 Å². The first-order valence-electron chi connectivity index (χ1n) is 8.39. The second-order valence-electron chi connectivity index (χ2n) is 6.17. The van der Waals surface area contributed by atoms with E-state index in [1.165, 1.54) is 11.8 Å². The first-order chi connectivity index (χ1) is 13.0. The maximum Gasteiger partial charge on any atom is 0.234 e. The van der Waals surface area contributed by atoms with Crippen LogP contribution in [0.4, 0.5) is 5.69 Å². The Hall–Kier alpha value is -3.04. The normalized spacial score (nSPS) is 10.4. The molecule has 0 fully saturated rings. The number of nitrogens with zero attached hydrogens (tertiary/aromatic N) is 2. The smallest absolute Gasteiger partial charge is 0.234 e. The summed E-state index contributed by atoms with van der Waals surface area (Å²) in [5.74, 6) is 0.743. The molecule has 0 saturated heterocycles. The lowest BCUT2D eigenvalue weighted by molar-refractivity contribution is -0.113. The van der Waals surface area contributed by atoms with Crippen LogP contribution >= 0.6 is 11.8 Å². The number of hydrogen-bond donors (Lipinski definition) is 1. The Balaban J connectivity index is 1.75. The van der Waals surface area contributed by atoms with E-state index < -0.39 is 0 Å². The van der Waals surface area contributed by atoms with Gasteiger partial charge in [0.15, 0.2) is 0 Å². The molecule has 0 aliphatic carbocycles. The van der Waals surface area contributed by atoms with E-state index in [1.54, 1.807) is 31.4 Å². The van der Waals surface area contributed by atoms with E-state index in [1.807, 2.05) is 26.0 Å². The van der Waals surface area contributed by atoms with E-state index in [2.05, 4.69) is 22.4 Å². The quantitative estimate of drug-likeness (QED) is 0.664. The average Bonchev–Trinajstić information content (AvgIpc) is 2.66. The Kier molecular flexibility index (Phi) is 5.63. The topological polar surface area (TPSA) is 75.0 Å². The number of thioether (sulfide) groups is 1. The first-order valence-corrected chi connectivity index (χ1v) is 9.37. The van der Waals surface area contributed by atoms with Crippen molar-refractivity contribution in [1.82, 2.24) is 4.98 Å². The zero-order valence-electron chi connectivity index (χ0n) is 15.4. The van der Waals surface area contributed by atoms with Crippen LogP contribution in [0.5, 0.6) is 5.75 Å². The summed E-state index contributed by atoms with van der Waals surface area (Å²) in [4.78, 5) is 16.9. The van der Waals surface area contributed by atoms with Gasteiger partial charge in [0.05, 0.1) is 23.9 Å². The van der Waals surface area contributed by atoms with E-state index in [9.17, 15) is 10.1 Å². The number of carbonyl (C=O) groups excluding carboxylic acids is 1. The number of ether oxygens (including phenoxy) is 1. The monoisotopic (exact) mass is 377 g/mol. The van der Waals surface area contributed by atoms with Crippen molar-refractivity contribution in [1.29, 1.82) is 5.26 Å². The Morgan fingerprint density at radius 3 is 2.63 bits per heavy atom. The number of aryl methyl sites for hydroxylation is 2. The molecule has 6 heteroatoms. The summed E-state index contributed by atoms with van der Waals surface area (Å²) in [6, 6.07) is 15.2. The van der Waals surface area contributed by atoms with Crippen LogP contribution in [-0.4, -0.2) is 23.8 Å². The number of methoxy groups -OCH3 is 1. The highest BCUT2D eigenvalue weighted by molar-refractivity contribution is 8.00. The molecule has 1 heterocycles. The SMILES string of the molecule is COc1ccc(NC(=O)CSc2nc3cc(C)cc(C)c3cc2C#N)cc1. The Morgan fingerprint density at radius 1 is 1.22 bits per heavy atom. The van der Waals surface area contributed by atoms with Crippen LogP contribution in [0.25, 0.3) is 10.9 Å². The third-order valence-corrected chi connectivity index (χ3v) is 5.08. The van der Waals surface area contributed by atoms with Gasteiger partial charge in [-0.2, -0.15) is 5.26 Å². The maximum atomic E-state index is 12.2. The number of benzene rings is 2. The van der Waals surface area contributed by atoms with Gasteiger partial charge in [-0.1, -0.05) is 17.8 Å². The molecule has 0 unspecified atom stereocenters. The Bertz CT molecular complexity index is 1040. The van der Waals surface area contributed by atoms with Gasteiger partial charge in [-0.15, -0.1) is 0 Å². The van der Waals surface area contributed by atoms with Crippen LogP contribution in [0.1, 0.15) is 16.7 Å². The fourth-order valence-electron chi connectivity index (χ4n) is 2.81. The predicted octanol–water partition coefficient (Wildman–Crippen LogP) is 4.46. The van der Waals surface area contributed by atoms with Gasteiger partial charge in [-0.05, 0) is 61.4 Å². The molecule has 0 saturated carbocycles. The molecule has 0 bridgehead atoms. The van der Waals surface area contributed by atoms with E-state index in [-0.39, 0.29) is 11.7 Å². The van der Waals surface area contributed by atoms with Gasteiger partial charge < -0.3 is 10.1 Å². The minimum atomic E-state index is -0.156. The van der Waals surface area contributed by atoms with E-state index in [0.717, 1.165) is 27.8 Å². The Morgan fingerprint density at radius 2 is 1.96 bits per heavy atom. The van der Waals surface area contributed by atoms with Gasteiger partial charge in [0.2, 0.25) is 5.91 Å². The van der Waals surface area contributed by atoms with Crippen molar-refractivity contribution >= 4 is 34.3 Å². The van der Waals surface area contributed by atoms with Gasteiger partial charge in [-0.25, -0.2) is 4.98 Å². The third kappa shape index (κ3) is 4.39. The fourth-order valence-corrected chi connectivity index (χ4v) is 3.57. The minimum absolute atomic E-state index is 0.156. The zero-order chi connectivity index (χ0) is 19.4. The molecule has 0 radical (unpaired) electrons. The number of aromatic nitrogens is 1. The average molecular weight is 377 g/mol. The van der Waals surface area contributed by atoms with Crippen molar-refractivity contribution in [3.05, 3.63) is 59.2 Å². The fraction of sp³-hybridized carbons (Fsp3) is 0.190. The summed E-state index contributed by atoms with van der Waals surface area (Å²) < 4.78 is 5.10. The van der Waals surface area contributed by atoms with Crippen LogP contribution in [-0.2, 0) is 4.79 Å². The van der Waals surface area contributed by atoms with E-state index in [4.69, 9.17) is 4.74 Å². The molecule has 1 aromatic heterocycles. The lowest BCUT2D eigenvalue weighted by atomic mass is 10.1. The molecule has 0 aliphatic heterocycles. The molecular formula is C21H19N3O2S. The highest BCUT2D eigenvalue weighted by Crippen LogP contribution is 2.27. The van der Waals surface area contributed by atoms with Gasteiger partial charge in [-0.3, -0.25) is 4.79 Å². The number of nitrogens with one attached hydrogen (secondary N) is 1. The Labute approximate surface area is 162 Å². The zero-order valence-corrected chi connectivity index (χ0v) is 16.2. The van der Waals surface area contributed by atoms with Gasteiger partial charge in [0.1, 0.15) is 16.8 Å². The number of nitriles is 1. The van der Waals surface area contributed by atoms with Gasteiger partial charge in [0.25, 0.3) is 0 Å². The summed E-state index contributed by atoms with van der Waals surface area (Å²) in [5.41, 5.74) is 4.22. The highest BCUT2D eigenvalue weighted by Gasteiger charge is 2.12. The maximum absolute atomic E-state index is 12.2. The van der Waals surface area contributed by atoms with Crippen molar-refractivity contribution in [2.75, 3.05) is 18.2 Å². The number of amides is 1. The van der Waals surface area contributed by atoms with Gasteiger partial charge >= 0.3 is 0 Å². The standard InChI is InChI=1S/C21H19N3O2S/c1-13-8-14(2)18-10-15(11-22)21(24-19(18)9-13)27-12-20(25)23-16-4-6-17(26-3)7-5-16/h4-10H,12H2,1-3H3,(H,23,25). The molecule has 0 spiro atoms. The lowest BCUT2D eigenvalue weighted by Crippen LogP contribution is -2.14. The van der Waals surface area contributed by atoms with Crippen LogP contribution in [0.3, 0.4) is 0 Å². The molecule has 0 aliphatic rings. The minimum Gasteiger partial charge on any atom is -0.497 e. The second-order valence-corrected chi connectivity index (χ2v) is 7.13. The third-order valence-electron chi connectivity index (χ3n) is 4.08. The van der Waals surface area contributed by atoms with Crippen LogP contribution in [0, 0.1) is 25.2 Å². The van der Waals surface area contributed by atoms with Crippen molar-refractivity contribution in [3.63, 3.8) is 0 Å². The molecule has 3 rings (SSSR count). The van der Waals surface area contributed by atoms with Crippen LogP contribution in [0.15, 0.2) is 47.5 Å².